The fourth-order valence-corrected chi connectivity index (χ4v) is 1.57. The molecule has 1 saturated heterocycles. The number of likely N-dealkylation sites (tertiary alicyclic amines) is 1. The standard InChI is InChI=1S/C10H15N3/c1-8-4-5-13(8)7-9-2-3-10(11)12-6-9/h2-3,6,8H,4-5,7H2,1H3,(H2,11,12). The first-order valence-corrected chi connectivity index (χ1v) is 4.70. The van der Waals surface area contributed by atoms with E-state index in [0.29, 0.717) is 5.82 Å². The molecule has 1 aromatic heterocycles. The number of pyridine rings is 1. The molecule has 1 aliphatic heterocycles. The molecule has 2 N–H and O–H groups in total. The Bertz CT molecular complexity index is 281. The molecule has 2 heterocycles. The lowest BCUT2D eigenvalue weighted by atomic mass is 10.0. The van der Waals surface area contributed by atoms with E-state index >= 15 is 0 Å². The second-order valence-electron chi connectivity index (χ2n) is 3.70. The van der Waals surface area contributed by atoms with Gasteiger partial charge in [-0.2, -0.15) is 0 Å². The normalized spacial score (nSPS) is 22.7. The van der Waals surface area contributed by atoms with Crippen LogP contribution < -0.4 is 5.73 Å². The van der Waals surface area contributed by atoms with Crippen molar-refractivity contribution in [2.24, 2.45) is 0 Å². The molecule has 3 heteroatoms. The van der Waals surface area contributed by atoms with Crippen LogP contribution in [0.15, 0.2) is 18.3 Å². The van der Waals surface area contributed by atoms with Crippen molar-refractivity contribution in [2.45, 2.75) is 25.9 Å². The topological polar surface area (TPSA) is 42.1 Å². The summed E-state index contributed by atoms with van der Waals surface area (Å²) in [5.74, 6) is 0.598. The third-order valence-electron chi connectivity index (χ3n) is 2.69. The lowest BCUT2D eigenvalue weighted by molar-refractivity contribution is 0.0958. The lowest BCUT2D eigenvalue weighted by Gasteiger charge is -2.38. The van der Waals surface area contributed by atoms with E-state index in [1.807, 2.05) is 18.3 Å². The van der Waals surface area contributed by atoms with Crippen LogP contribution in [0.25, 0.3) is 0 Å². The van der Waals surface area contributed by atoms with Crippen LogP contribution in [0.5, 0.6) is 0 Å². The maximum absolute atomic E-state index is 5.51. The summed E-state index contributed by atoms with van der Waals surface area (Å²) in [6, 6.07) is 4.64. The summed E-state index contributed by atoms with van der Waals surface area (Å²) in [6.07, 6.45) is 3.18. The monoisotopic (exact) mass is 177 g/mol. The van der Waals surface area contributed by atoms with Crippen LogP contribution in [0.3, 0.4) is 0 Å². The minimum absolute atomic E-state index is 0.598. The molecular weight excluding hydrogens is 162 g/mol. The molecule has 1 fully saturated rings. The van der Waals surface area contributed by atoms with E-state index in [4.69, 9.17) is 5.73 Å². The van der Waals surface area contributed by atoms with Crippen molar-refractivity contribution < 1.29 is 0 Å². The van der Waals surface area contributed by atoms with Crippen molar-refractivity contribution in [1.29, 1.82) is 0 Å². The zero-order valence-electron chi connectivity index (χ0n) is 7.90. The Labute approximate surface area is 78.6 Å². The Morgan fingerprint density at radius 2 is 2.46 bits per heavy atom. The highest BCUT2D eigenvalue weighted by Crippen LogP contribution is 2.19. The molecule has 0 spiro atoms. The zero-order valence-corrected chi connectivity index (χ0v) is 7.90. The summed E-state index contributed by atoms with van der Waals surface area (Å²) in [4.78, 5) is 6.50. The largest absolute Gasteiger partial charge is 0.384 e. The van der Waals surface area contributed by atoms with Gasteiger partial charge < -0.3 is 5.73 Å². The molecule has 3 nitrogen and oxygen atoms in total. The molecule has 0 amide bonds. The Morgan fingerprint density at radius 3 is 2.92 bits per heavy atom. The first-order valence-electron chi connectivity index (χ1n) is 4.70. The average Bonchev–Trinajstić information content (AvgIpc) is 2.15. The van der Waals surface area contributed by atoms with Crippen molar-refractivity contribution in [3.05, 3.63) is 23.9 Å². The van der Waals surface area contributed by atoms with Crippen molar-refractivity contribution >= 4 is 5.82 Å². The number of aromatic nitrogens is 1. The number of rotatable bonds is 2. The van der Waals surface area contributed by atoms with Crippen LogP contribution in [-0.2, 0) is 6.54 Å². The van der Waals surface area contributed by atoms with E-state index in [2.05, 4.69) is 16.8 Å². The van der Waals surface area contributed by atoms with Crippen molar-refractivity contribution in [3.8, 4) is 0 Å². The molecule has 0 aliphatic carbocycles. The lowest BCUT2D eigenvalue weighted by Crippen LogP contribution is -2.44. The van der Waals surface area contributed by atoms with E-state index in [1.54, 1.807) is 0 Å². The number of nitrogen functional groups attached to an aromatic ring is 1. The molecule has 0 saturated carbocycles. The van der Waals surface area contributed by atoms with Crippen molar-refractivity contribution in [1.82, 2.24) is 9.88 Å². The fraction of sp³-hybridized carbons (Fsp3) is 0.500. The van der Waals surface area contributed by atoms with E-state index in [-0.39, 0.29) is 0 Å². The van der Waals surface area contributed by atoms with Crippen LogP contribution in [0, 0.1) is 0 Å². The summed E-state index contributed by atoms with van der Waals surface area (Å²) in [5.41, 5.74) is 6.76. The van der Waals surface area contributed by atoms with Gasteiger partial charge in [0.15, 0.2) is 0 Å². The van der Waals surface area contributed by atoms with E-state index < -0.39 is 0 Å². The average molecular weight is 177 g/mol. The van der Waals surface area contributed by atoms with Crippen LogP contribution in [-0.4, -0.2) is 22.5 Å². The molecule has 0 bridgehead atoms. The zero-order chi connectivity index (χ0) is 9.26. The maximum Gasteiger partial charge on any atom is 0.123 e. The van der Waals surface area contributed by atoms with Gasteiger partial charge in [0.05, 0.1) is 0 Å². The summed E-state index contributed by atoms with van der Waals surface area (Å²) in [5, 5.41) is 0. The van der Waals surface area contributed by atoms with Gasteiger partial charge in [-0.3, -0.25) is 4.90 Å². The van der Waals surface area contributed by atoms with Crippen molar-refractivity contribution in [3.63, 3.8) is 0 Å². The molecule has 0 radical (unpaired) electrons. The molecule has 1 aliphatic rings. The summed E-state index contributed by atoms with van der Waals surface area (Å²) >= 11 is 0. The second-order valence-corrected chi connectivity index (χ2v) is 3.70. The molecule has 70 valence electrons. The third kappa shape index (κ3) is 1.80. The molecular formula is C10H15N3. The molecule has 2 rings (SSSR count). The number of nitrogens with zero attached hydrogens (tertiary/aromatic N) is 2. The highest BCUT2D eigenvalue weighted by molar-refractivity contribution is 5.29. The Morgan fingerprint density at radius 1 is 1.62 bits per heavy atom. The third-order valence-corrected chi connectivity index (χ3v) is 2.69. The molecule has 1 aromatic rings. The van der Waals surface area contributed by atoms with E-state index in [1.165, 1.54) is 18.5 Å². The van der Waals surface area contributed by atoms with Crippen LogP contribution in [0.2, 0.25) is 0 Å². The number of anilines is 1. The van der Waals surface area contributed by atoms with Crippen LogP contribution in [0.1, 0.15) is 18.9 Å². The van der Waals surface area contributed by atoms with Crippen LogP contribution >= 0.6 is 0 Å². The SMILES string of the molecule is CC1CCN1Cc1ccc(N)nc1. The Kier molecular flexibility index (Phi) is 2.19. The highest BCUT2D eigenvalue weighted by Gasteiger charge is 2.22. The predicted octanol–water partition coefficient (Wildman–Crippen LogP) is 1.26. The number of hydrogen-bond donors (Lipinski definition) is 1. The number of hydrogen-bond acceptors (Lipinski definition) is 3. The van der Waals surface area contributed by atoms with Gasteiger partial charge in [-0.25, -0.2) is 4.98 Å². The fourth-order valence-electron chi connectivity index (χ4n) is 1.57. The maximum atomic E-state index is 5.51. The second kappa shape index (κ2) is 3.34. The van der Waals surface area contributed by atoms with E-state index in [9.17, 15) is 0 Å². The molecule has 0 aromatic carbocycles. The first kappa shape index (κ1) is 8.51. The van der Waals surface area contributed by atoms with Gasteiger partial charge in [-0.15, -0.1) is 0 Å². The Balaban J connectivity index is 1.98. The molecule has 1 unspecified atom stereocenters. The molecule has 1 atom stereocenters. The van der Waals surface area contributed by atoms with Gasteiger partial charge in [-0.05, 0) is 25.0 Å². The Hall–Kier alpha value is -1.09. The molecule has 13 heavy (non-hydrogen) atoms. The minimum Gasteiger partial charge on any atom is -0.384 e. The van der Waals surface area contributed by atoms with Gasteiger partial charge in [0.25, 0.3) is 0 Å². The van der Waals surface area contributed by atoms with Gasteiger partial charge >= 0.3 is 0 Å². The minimum atomic E-state index is 0.598. The van der Waals surface area contributed by atoms with Gasteiger partial charge in [0.2, 0.25) is 0 Å². The summed E-state index contributed by atoms with van der Waals surface area (Å²) in [6.45, 7) is 4.48. The van der Waals surface area contributed by atoms with Gasteiger partial charge in [-0.1, -0.05) is 6.07 Å². The highest BCUT2D eigenvalue weighted by atomic mass is 15.2. The van der Waals surface area contributed by atoms with Gasteiger partial charge in [0.1, 0.15) is 5.82 Å². The number of nitrogens with two attached hydrogens (primary N) is 1. The summed E-state index contributed by atoms with van der Waals surface area (Å²) in [7, 11) is 0. The quantitative estimate of drug-likeness (QED) is 0.739. The van der Waals surface area contributed by atoms with Crippen LogP contribution in [0.4, 0.5) is 5.82 Å². The van der Waals surface area contributed by atoms with E-state index in [0.717, 1.165) is 12.6 Å². The van der Waals surface area contributed by atoms with Crippen molar-refractivity contribution in [2.75, 3.05) is 12.3 Å². The van der Waals surface area contributed by atoms with Gasteiger partial charge in [0, 0.05) is 25.3 Å². The predicted molar refractivity (Wildman–Crippen MR) is 53.1 cm³/mol. The smallest absolute Gasteiger partial charge is 0.123 e. The summed E-state index contributed by atoms with van der Waals surface area (Å²) < 4.78 is 0. The first-order chi connectivity index (χ1) is 6.25.